The molecule has 27 heavy (non-hydrogen) atoms. The van der Waals surface area contributed by atoms with Gasteiger partial charge in [-0.05, 0) is 30.3 Å². The first-order valence-corrected chi connectivity index (χ1v) is 10.3. The molecule has 1 amide bonds. The van der Waals surface area contributed by atoms with Crippen molar-refractivity contribution in [3.63, 3.8) is 0 Å². The Labute approximate surface area is 175 Å². The van der Waals surface area contributed by atoms with Crippen LogP contribution in [-0.4, -0.2) is 32.2 Å². The Kier molecular flexibility index (Phi) is 5.48. The lowest BCUT2D eigenvalue weighted by Gasteiger charge is -2.30. The number of halogens is 3. The van der Waals surface area contributed by atoms with Crippen LogP contribution in [0.25, 0.3) is 10.1 Å². The zero-order valence-electron chi connectivity index (χ0n) is 14.1. The average Bonchev–Trinajstić information content (AvgIpc) is 2.98. The molecule has 0 atom stereocenters. The highest BCUT2D eigenvalue weighted by molar-refractivity contribution is 7.21. The largest absolute Gasteiger partial charge is 0.378 e. The number of anilines is 2. The van der Waals surface area contributed by atoms with Gasteiger partial charge in [-0.2, -0.15) is 0 Å². The lowest BCUT2D eigenvalue weighted by molar-refractivity contribution is 0.103. The number of rotatable bonds is 3. The van der Waals surface area contributed by atoms with Crippen molar-refractivity contribution in [2.24, 2.45) is 0 Å². The maximum Gasteiger partial charge on any atom is 0.267 e. The number of nitrogens with zero attached hydrogens (tertiary/aromatic N) is 1. The Bertz CT molecular complexity index is 1020. The monoisotopic (exact) mass is 440 g/mol. The number of ether oxygens (including phenoxy) is 1. The summed E-state index contributed by atoms with van der Waals surface area (Å²) in [6.45, 7) is 2.82. The summed E-state index contributed by atoms with van der Waals surface area (Å²) >= 11 is 20.0. The molecule has 0 unspecified atom stereocenters. The molecule has 1 aliphatic rings. The third-order valence-electron chi connectivity index (χ3n) is 4.36. The first-order chi connectivity index (χ1) is 13.0. The van der Waals surface area contributed by atoms with E-state index in [0.29, 0.717) is 38.8 Å². The second-order valence-corrected chi connectivity index (χ2v) is 8.40. The van der Waals surface area contributed by atoms with Crippen LogP contribution in [0.2, 0.25) is 15.1 Å². The fraction of sp³-hybridized carbons (Fsp3) is 0.211. The van der Waals surface area contributed by atoms with E-state index in [-0.39, 0.29) is 5.91 Å². The number of hydrogen-bond donors (Lipinski definition) is 1. The van der Waals surface area contributed by atoms with Crippen LogP contribution in [0.15, 0.2) is 36.4 Å². The SMILES string of the molecule is O=C(Nc1cc(Cl)ccc1N1CCOCC1)c1sc2cc(Cl)ccc2c1Cl. The van der Waals surface area contributed by atoms with Crippen molar-refractivity contribution in [1.29, 1.82) is 0 Å². The third-order valence-corrected chi connectivity index (χ3v) is 6.48. The van der Waals surface area contributed by atoms with E-state index in [0.717, 1.165) is 28.9 Å². The van der Waals surface area contributed by atoms with Crippen LogP contribution in [0.3, 0.4) is 0 Å². The van der Waals surface area contributed by atoms with Gasteiger partial charge in [-0.25, -0.2) is 0 Å². The first kappa shape index (κ1) is 18.8. The highest BCUT2D eigenvalue weighted by Gasteiger charge is 2.21. The molecule has 1 aromatic heterocycles. The molecular formula is C19H15Cl3N2O2S. The fourth-order valence-electron chi connectivity index (χ4n) is 3.05. The summed E-state index contributed by atoms with van der Waals surface area (Å²) in [6.07, 6.45) is 0. The van der Waals surface area contributed by atoms with E-state index in [1.165, 1.54) is 11.3 Å². The van der Waals surface area contributed by atoms with Crippen LogP contribution in [0.1, 0.15) is 9.67 Å². The van der Waals surface area contributed by atoms with Crippen LogP contribution in [0, 0.1) is 0 Å². The van der Waals surface area contributed by atoms with E-state index < -0.39 is 0 Å². The van der Waals surface area contributed by atoms with Crippen LogP contribution in [-0.2, 0) is 4.74 Å². The molecule has 0 spiro atoms. The minimum Gasteiger partial charge on any atom is -0.378 e. The van der Waals surface area contributed by atoms with Crippen molar-refractivity contribution in [3.8, 4) is 0 Å². The van der Waals surface area contributed by atoms with Crippen LogP contribution in [0.5, 0.6) is 0 Å². The van der Waals surface area contributed by atoms with Gasteiger partial charge in [0.1, 0.15) is 4.88 Å². The molecule has 1 fully saturated rings. The average molecular weight is 442 g/mol. The zero-order chi connectivity index (χ0) is 19.0. The number of carbonyl (C=O) groups excluding carboxylic acids is 1. The van der Waals surface area contributed by atoms with Crippen molar-refractivity contribution >= 4 is 73.5 Å². The molecule has 0 bridgehead atoms. The number of amides is 1. The molecule has 3 aromatic rings. The van der Waals surface area contributed by atoms with Crippen molar-refractivity contribution in [2.45, 2.75) is 0 Å². The van der Waals surface area contributed by atoms with Crippen molar-refractivity contribution in [3.05, 3.63) is 56.3 Å². The van der Waals surface area contributed by atoms with Crippen LogP contribution >= 0.6 is 46.1 Å². The Balaban J connectivity index is 1.67. The molecule has 0 radical (unpaired) electrons. The van der Waals surface area contributed by atoms with Gasteiger partial charge in [-0.15, -0.1) is 11.3 Å². The topological polar surface area (TPSA) is 41.6 Å². The maximum absolute atomic E-state index is 12.9. The van der Waals surface area contributed by atoms with Crippen molar-refractivity contribution in [1.82, 2.24) is 0 Å². The molecule has 1 aliphatic heterocycles. The second-order valence-electron chi connectivity index (χ2n) is 6.10. The van der Waals surface area contributed by atoms with E-state index >= 15 is 0 Å². The number of morpholine rings is 1. The Morgan fingerprint density at radius 2 is 1.74 bits per heavy atom. The Hall–Kier alpha value is -1.50. The van der Waals surface area contributed by atoms with E-state index in [1.54, 1.807) is 12.1 Å². The molecule has 8 heteroatoms. The smallest absolute Gasteiger partial charge is 0.267 e. The summed E-state index contributed by atoms with van der Waals surface area (Å²) in [7, 11) is 0. The highest BCUT2D eigenvalue weighted by atomic mass is 35.5. The summed E-state index contributed by atoms with van der Waals surface area (Å²) in [5, 5.41) is 5.37. The summed E-state index contributed by atoms with van der Waals surface area (Å²) in [6, 6.07) is 10.9. The van der Waals surface area contributed by atoms with Gasteiger partial charge < -0.3 is 15.0 Å². The minimum absolute atomic E-state index is 0.269. The standard InChI is InChI=1S/C19H15Cl3N2O2S/c20-11-2-4-15(24-5-7-26-8-6-24)14(9-11)23-19(25)18-17(22)13-3-1-12(21)10-16(13)27-18/h1-4,9-10H,5-8H2,(H,23,25). The van der Waals surface area contributed by atoms with Gasteiger partial charge in [-0.1, -0.05) is 40.9 Å². The summed E-state index contributed by atoms with van der Waals surface area (Å²) < 4.78 is 6.28. The van der Waals surface area contributed by atoms with E-state index in [1.807, 2.05) is 24.3 Å². The highest BCUT2D eigenvalue weighted by Crippen LogP contribution is 2.38. The summed E-state index contributed by atoms with van der Waals surface area (Å²) in [5.41, 5.74) is 1.57. The lowest BCUT2D eigenvalue weighted by atomic mass is 10.2. The van der Waals surface area contributed by atoms with Gasteiger partial charge in [0.25, 0.3) is 5.91 Å². The molecule has 140 valence electrons. The number of carbonyl (C=O) groups is 1. The number of nitrogens with one attached hydrogen (secondary N) is 1. The molecular weight excluding hydrogens is 427 g/mol. The Morgan fingerprint density at radius 1 is 1.04 bits per heavy atom. The normalized spacial score (nSPS) is 14.6. The molecule has 1 saturated heterocycles. The molecule has 0 aliphatic carbocycles. The zero-order valence-corrected chi connectivity index (χ0v) is 17.2. The van der Waals surface area contributed by atoms with Gasteiger partial charge in [-0.3, -0.25) is 4.79 Å². The first-order valence-electron chi connectivity index (χ1n) is 8.34. The van der Waals surface area contributed by atoms with Gasteiger partial charge >= 0.3 is 0 Å². The van der Waals surface area contributed by atoms with E-state index in [9.17, 15) is 4.79 Å². The van der Waals surface area contributed by atoms with Gasteiger partial charge in [0.15, 0.2) is 0 Å². The molecule has 4 rings (SSSR count). The summed E-state index contributed by atoms with van der Waals surface area (Å²) in [4.78, 5) is 15.5. The molecule has 4 nitrogen and oxygen atoms in total. The maximum atomic E-state index is 12.9. The molecule has 0 saturated carbocycles. The van der Waals surface area contributed by atoms with Crippen molar-refractivity contribution < 1.29 is 9.53 Å². The van der Waals surface area contributed by atoms with E-state index in [2.05, 4.69) is 10.2 Å². The molecule has 2 heterocycles. The van der Waals surface area contributed by atoms with Gasteiger partial charge in [0.05, 0.1) is 29.6 Å². The number of hydrogen-bond acceptors (Lipinski definition) is 4. The second kappa shape index (κ2) is 7.86. The summed E-state index contributed by atoms with van der Waals surface area (Å²) in [5.74, 6) is -0.269. The molecule has 2 aromatic carbocycles. The predicted molar refractivity (Wildman–Crippen MR) is 114 cm³/mol. The Morgan fingerprint density at radius 3 is 2.52 bits per heavy atom. The third kappa shape index (κ3) is 3.89. The van der Waals surface area contributed by atoms with Crippen LogP contribution in [0.4, 0.5) is 11.4 Å². The van der Waals surface area contributed by atoms with Gasteiger partial charge in [0, 0.05) is 33.2 Å². The predicted octanol–water partition coefficient (Wildman–Crippen LogP) is 5.95. The van der Waals surface area contributed by atoms with Gasteiger partial charge in [0.2, 0.25) is 0 Å². The minimum atomic E-state index is -0.269. The number of benzene rings is 2. The van der Waals surface area contributed by atoms with Crippen LogP contribution < -0.4 is 10.2 Å². The van der Waals surface area contributed by atoms with Crippen molar-refractivity contribution in [2.75, 3.05) is 36.5 Å². The number of thiophene rings is 1. The molecule has 1 N–H and O–H groups in total. The number of fused-ring (bicyclic) bond motifs is 1. The quantitative estimate of drug-likeness (QED) is 0.546. The lowest BCUT2D eigenvalue weighted by Crippen LogP contribution is -2.36. The van der Waals surface area contributed by atoms with E-state index in [4.69, 9.17) is 39.5 Å². The fourth-order valence-corrected chi connectivity index (χ4v) is 4.91.